The van der Waals surface area contributed by atoms with Crippen molar-refractivity contribution in [2.45, 2.75) is 32.3 Å². The summed E-state index contributed by atoms with van der Waals surface area (Å²) in [7, 11) is 0. The van der Waals surface area contributed by atoms with E-state index in [4.69, 9.17) is 40.9 Å². The molecule has 0 bridgehead atoms. The minimum atomic E-state index is -1.50. The fraction of sp³-hybridized carbons (Fsp3) is 1.00. The zero-order valence-corrected chi connectivity index (χ0v) is 8.72. The maximum atomic E-state index is 8.74. The van der Waals surface area contributed by atoms with Gasteiger partial charge in [0, 0.05) is 0 Å². The molecule has 1 atom stereocenters. The summed E-state index contributed by atoms with van der Waals surface area (Å²) in [4.78, 5) is 16.7. The van der Waals surface area contributed by atoms with Gasteiger partial charge in [-0.15, -0.1) is 20.2 Å². The predicted octanol–water partition coefficient (Wildman–Crippen LogP) is -0.166. The molecule has 0 radical (unpaired) electrons. The molecule has 0 aromatic carbocycles. The number of aliphatic hydroxyl groups is 2. The second kappa shape index (κ2) is 15.8. The lowest BCUT2D eigenvalue weighted by Gasteiger charge is -2.02. The highest BCUT2D eigenvalue weighted by Crippen LogP contribution is 1.97. The van der Waals surface area contributed by atoms with Crippen LogP contribution in [0.15, 0.2) is 0 Å². The largest absolute Gasteiger partial charge is 0.394 e. The Kier molecular flexibility index (Phi) is 19.6. The van der Waals surface area contributed by atoms with Crippen molar-refractivity contribution >= 4 is 0 Å². The summed E-state index contributed by atoms with van der Waals surface area (Å²) in [5.41, 5.74) is 0. The van der Waals surface area contributed by atoms with Gasteiger partial charge in [0.1, 0.15) is 0 Å². The first kappa shape index (κ1) is 19.8. The number of rotatable bonds is 4. The number of hydrogen-bond donors (Lipinski definition) is 4. The van der Waals surface area contributed by atoms with Crippen molar-refractivity contribution in [1.82, 2.24) is 0 Å². The van der Waals surface area contributed by atoms with E-state index in [9.17, 15) is 0 Å². The van der Waals surface area contributed by atoms with Crippen LogP contribution in [0.4, 0.5) is 0 Å². The van der Waals surface area contributed by atoms with E-state index in [1.165, 1.54) is 0 Å². The fourth-order valence-electron chi connectivity index (χ4n) is 0.531. The predicted molar refractivity (Wildman–Crippen MR) is 50.2 cm³/mol. The Morgan fingerprint density at radius 1 is 1.19 bits per heavy atom. The molecule has 0 fully saturated rings. The minimum absolute atomic E-state index is 0.0972. The van der Waals surface area contributed by atoms with Crippen LogP contribution >= 0.6 is 0 Å². The average Bonchev–Trinajstić information content (AvgIpc) is 2.12. The molecule has 4 N–H and O–H groups in total. The molecule has 0 spiro atoms. The smallest absolute Gasteiger partial charge is 0.291 e. The fourth-order valence-corrected chi connectivity index (χ4v) is 0.531. The van der Waals surface area contributed by atoms with Gasteiger partial charge < -0.3 is 20.6 Å². The molecule has 10 nitrogen and oxygen atoms in total. The molecule has 0 aliphatic heterocycles. The van der Waals surface area contributed by atoms with Gasteiger partial charge in [-0.25, -0.2) is 0 Å². The van der Waals surface area contributed by atoms with Crippen LogP contribution in [0.5, 0.6) is 0 Å². The molecular weight excluding hydrogens is 228 g/mol. The van der Waals surface area contributed by atoms with Gasteiger partial charge in [-0.05, 0) is 6.42 Å². The van der Waals surface area contributed by atoms with Crippen molar-refractivity contribution in [1.29, 1.82) is 0 Å². The maximum Gasteiger partial charge on any atom is 0.291 e. The van der Waals surface area contributed by atoms with E-state index in [-0.39, 0.29) is 6.61 Å². The summed E-state index contributed by atoms with van der Waals surface area (Å²) in [5.74, 6) is 0. The van der Waals surface area contributed by atoms with Crippen LogP contribution in [-0.4, -0.2) is 43.5 Å². The highest BCUT2D eigenvalue weighted by Gasteiger charge is 1.97. The standard InChI is InChI=1S/C6H14O2.2HNO3/c1-2-3-4-6(8)5-7;2*2-1(3)4/h6-8H,2-5H2,1H3;2*(H,2,3,4). The lowest BCUT2D eigenvalue weighted by atomic mass is 10.2. The zero-order chi connectivity index (χ0) is 13.6. The molecule has 1 unspecified atom stereocenters. The Labute approximate surface area is 91.0 Å². The molecule has 0 aliphatic carbocycles. The molecule has 0 aliphatic rings. The quantitative estimate of drug-likeness (QED) is 0.390. The number of hydrogen-bond acceptors (Lipinski definition) is 6. The van der Waals surface area contributed by atoms with Crippen LogP contribution in [0.3, 0.4) is 0 Å². The van der Waals surface area contributed by atoms with Crippen LogP contribution < -0.4 is 0 Å². The monoisotopic (exact) mass is 244 g/mol. The van der Waals surface area contributed by atoms with Gasteiger partial charge in [0.05, 0.1) is 12.7 Å². The summed E-state index contributed by atoms with van der Waals surface area (Å²) in [6.07, 6.45) is 2.32. The highest BCUT2D eigenvalue weighted by atomic mass is 16.9. The van der Waals surface area contributed by atoms with E-state index in [0.29, 0.717) is 0 Å². The van der Waals surface area contributed by atoms with Crippen molar-refractivity contribution in [3.8, 4) is 0 Å². The molecular formula is C6H16N2O8. The zero-order valence-electron chi connectivity index (χ0n) is 8.72. The van der Waals surface area contributed by atoms with Gasteiger partial charge >= 0.3 is 0 Å². The van der Waals surface area contributed by atoms with Crippen LogP contribution in [0, 0.1) is 20.2 Å². The van der Waals surface area contributed by atoms with Gasteiger partial charge in [0.2, 0.25) is 0 Å². The van der Waals surface area contributed by atoms with E-state index < -0.39 is 16.3 Å². The van der Waals surface area contributed by atoms with Crippen molar-refractivity contribution < 1.29 is 30.8 Å². The summed E-state index contributed by atoms with van der Waals surface area (Å²) in [6.45, 7) is 1.96. The van der Waals surface area contributed by atoms with Crippen molar-refractivity contribution in [2.75, 3.05) is 6.61 Å². The Balaban J connectivity index is -0.000000179. The van der Waals surface area contributed by atoms with E-state index in [1.54, 1.807) is 0 Å². The van der Waals surface area contributed by atoms with Gasteiger partial charge in [-0.2, -0.15) is 0 Å². The normalized spacial score (nSPS) is 9.94. The third kappa shape index (κ3) is 84.6. The maximum absolute atomic E-state index is 8.74. The van der Waals surface area contributed by atoms with Crippen molar-refractivity contribution in [3.63, 3.8) is 0 Å². The van der Waals surface area contributed by atoms with Gasteiger partial charge in [0.15, 0.2) is 0 Å². The first-order chi connectivity index (χ1) is 7.27. The molecule has 0 amide bonds. The Morgan fingerprint density at radius 2 is 1.50 bits per heavy atom. The van der Waals surface area contributed by atoms with Crippen LogP contribution in [0.2, 0.25) is 0 Å². The Morgan fingerprint density at radius 3 is 1.69 bits per heavy atom. The Bertz CT molecular complexity index is 156. The van der Waals surface area contributed by atoms with Gasteiger partial charge in [0.25, 0.3) is 10.2 Å². The van der Waals surface area contributed by atoms with E-state index >= 15 is 0 Å². The van der Waals surface area contributed by atoms with E-state index in [1.807, 2.05) is 0 Å². The summed E-state index contributed by atoms with van der Waals surface area (Å²) < 4.78 is 0. The molecule has 10 heteroatoms. The lowest BCUT2D eigenvalue weighted by Crippen LogP contribution is -2.10. The summed E-state index contributed by atoms with van der Waals surface area (Å²) in [6, 6.07) is 0. The molecule has 0 aromatic heterocycles. The van der Waals surface area contributed by atoms with Gasteiger partial charge in [-0.3, -0.25) is 0 Å². The molecule has 0 saturated carbocycles. The number of nitrogens with zero attached hydrogens (tertiary/aromatic N) is 2. The minimum Gasteiger partial charge on any atom is -0.394 e. The van der Waals surface area contributed by atoms with Crippen molar-refractivity contribution in [3.05, 3.63) is 20.2 Å². The molecule has 16 heavy (non-hydrogen) atoms. The molecule has 98 valence electrons. The van der Waals surface area contributed by atoms with Crippen LogP contribution in [-0.2, 0) is 0 Å². The summed E-state index contributed by atoms with van der Waals surface area (Å²) >= 11 is 0. The second-order valence-corrected chi connectivity index (χ2v) is 2.45. The molecule has 0 aromatic rings. The summed E-state index contributed by atoms with van der Waals surface area (Å²) in [5, 5.41) is 44.3. The van der Waals surface area contributed by atoms with E-state index in [0.717, 1.165) is 19.3 Å². The van der Waals surface area contributed by atoms with Gasteiger partial charge in [-0.1, -0.05) is 19.8 Å². The molecule has 0 saturated heterocycles. The average molecular weight is 244 g/mol. The van der Waals surface area contributed by atoms with E-state index in [2.05, 4.69) is 6.92 Å². The first-order valence-electron chi connectivity index (χ1n) is 4.23. The third-order valence-electron chi connectivity index (χ3n) is 1.10. The second-order valence-electron chi connectivity index (χ2n) is 2.45. The lowest BCUT2D eigenvalue weighted by molar-refractivity contribution is -0.742. The molecule has 0 rings (SSSR count). The van der Waals surface area contributed by atoms with Crippen LogP contribution in [0.25, 0.3) is 0 Å². The number of aliphatic hydroxyl groups excluding tert-OH is 2. The highest BCUT2D eigenvalue weighted by molar-refractivity contribution is 4.50. The van der Waals surface area contributed by atoms with Crippen LogP contribution in [0.1, 0.15) is 26.2 Å². The van der Waals surface area contributed by atoms with Crippen molar-refractivity contribution in [2.24, 2.45) is 0 Å². The molecule has 0 heterocycles. The third-order valence-corrected chi connectivity index (χ3v) is 1.10. The SMILES string of the molecule is CCCCC(O)CO.O=[N+]([O-])O.O=[N+]([O-])O. The first-order valence-corrected chi connectivity index (χ1v) is 4.23. The topological polar surface area (TPSA) is 167 Å². The number of unbranched alkanes of at least 4 members (excludes halogenated alkanes) is 1. The Hall–Kier alpha value is -1.68.